The summed E-state index contributed by atoms with van der Waals surface area (Å²) in [6.07, 6.45) is 0.369. The van der Waals surface area contributed by atoms with Gasteiger partial charge in [0.2, 0.25) is 0 Å². The first kappa shape index (κ1) is 11.1. The molecule has 2 aromatic rings. The standard InChI is InChI=1S/C12H14FNO2/c1-12(15,5-6-14)10-7-8-3-2-4-9(13)11(8)16-10/h2-4,7,15H,5-6,14H2,1H3. The van der Waals surface area contributed by atoms with E-state index in [2.05, 4.69) is 0 Å². The summed E-state index contributed by atoms with van der Waals surface area (Å²) in [4.78, 5) is 0. The molecule has 16 heavy (non-hydrogen) atoms. The zero-order valence-corrected chi connectivity index (χ0v) is 9.03. The first-order valence-corrected chi connectivity index (χ1v) is 5.15. The minimum atomic E-state index is -1.15. The van der Waals surface area contributed by atoms with Gasteiger partial charge in [-0.2, -0.15) is 0 Å². The summed E-state index contributed by atoms with van der Waals surface area (Å²) >= 11 is 0. The molecule has 0 saturated carbocycles. The number of benzene rings is 1. The van der Waals surface area contributed by atoms with Crippen molar-refractivity contribution in [2.24, 2.45) is 5.73 Å². The molecule has 0 fully saturated rings. The van der Waals surface area contributed by atoms with Gasteiger partial charge in [-0.1, -0.05) is 12.1 Å². The Kier molecular flexibility index (Phi) is 2.69. The fourth-order valence-corrected chi connectivity index (χ4v) is 1.70. The Morgan fingerprint density at radius 3 is 2.88 bits per heavy atom. The average molecular weight is 223 g/mol. The molecular formula is C12H14FNO2. The maximum Gasteiger partial charge on any atom is 0.170 e. The van der Waals surface area contributed by atoms with E-state index in [9.17, 15) is 9.50 Å². The molecule has 0 saturated heterocycles. The number of nitrogens with two attached hydrogens (primary N) is 1. The fourth-order valence-electron chi connectivity index (χ4n) is 1.70. The topological polar surface area (TPSA) is 59.4 Å². The third-order valence-corrected chi connectivity index (χ3v) is 2.66. The van der Waals surface area contributed by atoms with Crippen molar-refractivity contribution >= 4 is 11.0 Å². The molecule has 0 aliphatic rings. The van der Waals surface area contributed by atoms with Crippen LogP contribution >= 0.6 is 0 Å². The number of hydrogen-bond acceptors (Lipinski definition) is 3. The van der Waals surface area contributed by atoms with Gasteiger partial charge in [-0.3, -0.25) is 0 Å². The lowest BCUT2D eigenvalue weighted by Gasteiger charge is -2.19. The summed E-state index contributed by atoms with van der Waals surface area (Å²) < 4.78 is 18.7. The van der Waals surface area contributed by atoms with Gasteiger partial charge >= 0.3 is 0 Å². The lowest BCUT2D eigenvalue weighted by atomic mass is 9.99. The lowest BCUT2D eigenvalue weighted by Crippen LogP contribution is -2.24. The fraction of sp³-hybridized carbons (Fsp3) is 0.333. The van der Waals surface area contributed by atoms with Crippen molar-refractivity contribution in [3.05, 3.63) is 35.8 Å². The van der Waals surface area contributed by atoms with Crippen molar-refractivity contribution in [1.29, 1.82) is 0 Å². The zero-order valence-electron chi connectivity index (χ0n) is 9.03. The van der Waals surface area contributed by atoms with Gasteiger partial charge in [0, 0.05) is 5.39 Å². The van der Waals surface area contributed by atoms with Gasteiger partial charge in [0.05, 0.1) is 0 Å². The SMILES string of the molecule is CC(O)(CCN)c1cc2cccc(F)c2o1. The predicted molar refractivity (Wildman–Crippen MR) is 59.4 cm³/mol. The molecule has 86 valence electrons. The van der Waals surface area contributed by atoms with E-state index in [1.54, 1.807) is 25.1 Å². The van der Waals surface area contributed by atoms with Gasteiger partial charge in [0.25, 0.3) is 0 Å². The number of halogens is 1. The second kappa shape index (κ2) is 3.88. The Bertz CT molecular complexity index is 505. The third-order valence-electron chi connectivity index (χ3n) is 2.66. The van der Waals surface area contributed by atoms with Crippen LogP contribution in [0.3, 0.4) is 0 Å². The van der Waals surface area contributed by atoms with Crippen molar-refractivity contribution < 1.29 is 13.9 Å². The van der Waals surface area contributed by atoms with E-state index < -0.39 is 11.4 Å². The van der Waals surface area contributed by atoms with E-state index in [1.165, 1.54) is 6.07 Å². The molecule has 0 aliphatic carbocycles. The molecule has 0 aliphatic heterocycles. The van der Waals surface area contributed by atoms with Crippen molar-refractivity contribution in [2.75, 3.05) is 6.54 Å². The molecule has 3 nitrogen and oxygen atoms in total. The molecule has 1 aromatic carbocycles. The number of hydrogen-bond donors (Lipinski definition) is 2. The van der Waals surface area contributed by atoms with Gasteiger partial charge in [-0.15, -0.1) is 0 Å². The summed E-state index contributed by atoms with van der Waals surface area (Å²) in [6.45, 7) is 1.95. The summed E-state index contributed by atoms with van der Waals surface area (Å²) in [5.41, 5.74) is 4.42. The van der Waals surface area contributed by atoms with Crippen LogP contribution in [0.4, 0.5) is 4.39 Å². The first-order chi connectivity index (χ1) is 7.54. The summed E-state index contributed by atoms with van der Waals surface area (Å²) in [7, 11) is 0. The second-order valence-corrected chi connectivity index (χ2v) is 4.08. The molecule has 0 spiro atoms. The van der Waals surface area contributed by atoms with Gasteiger partial charge in [-0.05, 0) is 32.0 Å². The maximum atomic E-state index is 13.4. The van der Waals surface area contributed by atoms with Crippen molar-refractivity contribution in [1.82, 2.24) is 0 Å². The molecule has 2 rings (SSSR count). The van der Waals surface area contributed by atoms with Crippen LogP contribution in [0.15, 0.2) is 28.7 Å². The zero-order chi connectivity index (χ0) is 11.8. The van der Waals surface area contributed by atoms with Crippen LogP contribution in [0.25, 0.3) is 11.0 Å². The highest BCUT2D eigenvalue weighted by molar-refractivity contribution is 5.78. The van der Waals surface area contributed by atoms with E-state index in [0.29, 0.717) is 24.1 Å². The first-order valence-electron chi connectivity index (χ1n) is 5.15. The van der Waals surface area contributed by atoms with E-state index in [0.717, 1.165) is 0 Å². The Hall–Kier alpha value is -1.39. The molecule has 0 amide bonds. The highest BCUT2D eigenvalue weighted by atomic mass is 19.1. The normalized spacial score (nSPS) is 15.2. The minimum absolute atomic E-state index is 0.176. The van der Waals surface area contributed by atoms with Crippen LogP contribution in [0.2, 0.25) is 0 Å². The van der Waals surface area contributed by atoms with Crippen LogP contribution < -0.4 is 5.73 Å². The van der Waals surface area contributed by atoms with Gasteiger partial charge in [-0.25, -0.2) is 4.39 Å². The summed E-state index contributed by atoms with van der Waals surface area (Å²) in [5, 5.41) is 10.7. The molecule has 1 aromatic heterocycles. The molecule has 1 unspecified atom stereocenters. The van der Waals surface area contributed by atoms with E-state index in [1.807, 2.05) is 0 Å². The van der Waals surface area contributed by atoms with Crippen LogP contribution in [-0.4, -0.2) is 11.7 Å². The Morgan fingerprint density at radius 1 is 1.50 bits per heavy atom. The number of furan rings is 1. The van der Waals surface area contributed by atoms with Crippen LogP contribution in [0, 0.1) is 5.82 Å². The van der Waals surface area contributed by atoms with Crippen LogP contribution in [-0.2, 0) is 5.60 Å². The number of fused-ring (bicyclic) bond motifs is 1. The third kappa shape index (κ3) is 1.81. The molecule has 3 N–H and O–H groups in total. The van der Waals surface area contributed by atoms with E-state index in [4.69, 9.17) is 10.2 Å². The Balaban J connectivity index is 2.51. The molecule has 4 heteroatoms. The Morgan fingerprint density at radius 2 is 2.25 bits per heavy atom. The highest BCUT2D eigenvalue weighted by Crippen LogP contribution is 2.30. The summed E-state index contributed by atoms with van der Waals surface area (Å²) in [5.74, 6) is -0.0784. The molecule has 1 heterocycles. The minimum Gasteiger partial charge on any atom is -0.455 e. The van der Waals surface area contributed by atoms with Crippen LogP contribution in [0.1, 0.15) is 19.1 Å². The summed E-state index contributed by atoms with van der Waals surface area (Å²) in [6, 6.07) is 6.32. The maximum absolute atomic E-state index is 13.4. The van der Waals surface area contributed by atoms with E-state index in [-0.39, 0.29) is 5.58 Å². The van der Waals surface area contributed by atoms with Gasteiger partial charge in [0.15, 0.2) is 11.4 Å². The van der Waals surface area contributed by atoms with Crippen molar-refractivity contribution in [2.45, 2.75) is 18.9 Å². The Labute approximate surface area is 92.7 Å². The molecule has 0 bridgehead atoms. The number of rotatable bonds is 3. The van der Waals surface area contributed by atoms with E-state index >= 15 is 0 Å². The molecular weight excluding hydrogens is 209 g/mol. The lowest BCUT2D eigenvalue weighted by molar-refractivity contribution is 0.0292. The van der Waals surface area contributed by atoms with Crippen molar-refractivity contribution in [3.63, 3.8) is 0 Å². The number of para-hydroxylation sites is 1. The van der Waals surface area contributed by atoms with Crippen molar-refractivity contribution in [3.8, 4) is 0 Å². The number of aliphatic hydroxyl groups is 1. The quantitative estimate of drug-likeness (QED) is 0.838. The second-order valence-electron chi connectivity index (χ2n) is 4.08. The highest BCUT2D eigenvalue weighted by Gasteiger charge is 2.26. The predicted octanol–water partition coefficient (Wildman–Crippen LogP) is 2.13. The smallest absolute Gasteiger partial charge is 0.170 e. The molecule has 1 atom stereocenters. The molecule has 0 radical (unpaired) electrons. The van der Waals surface area contributed by atoms with Gasteiger partial charge < -0.3 is 15.3 Å². The van der Waals surface area contributed by atoms with Gasteiger partial charge in [0.1, 0.15) is 11.4 Å². The average Bonchev–Trinajstić information content (AvgIpc) is 2.63. The monoisotopic (exact) mass is 223 g/mol. The largest absolute Gasteiger partial charge is 0.455 e. The van der Waals surface area contributed by atoms with Crippen LogP contribution in [0.5, 0.6) is 0 Å².